The summed E-state index contributed by atoms with van der Waals surface area (Å²) in [4.78, 5) is 16.4. The van der Waals surface area contributed by atoms with E-state index in [0.717, 1.165) is 25.9 Å². The van der Waals surface area contributed by atoms with Gasteiger partial charge in [0, 0.05) is 23.9 Å². The maximum absolute atomic E-state index is 12.0. The lowest BCUT2D eigenvalue weighted by atomic mass is 9.95. The molecule has 0 saturated heterocycles. The minimum absolute atomic E-state index is 0. The van der Waals surface area contributed by atoms with E-state index in [1.807, 2.05) is 18.7 Å². The number of hydrogen-bond donors (Lipinski definition) is 3. The fourth-order valence-corrected chi connectivity index (χ4v) is 2.60. The molecule has 1 aliphatic carbocycles. The van der Waals surface area contributed by atoms with Crippen molar-refractivity contribution in [2.75, 3.05) is 25.9 Å². The van der Waals surface area contributed by atoms with Crippen molar-refractivity contribution < 1.29 is 4.79 Å². The van der Waals surface area contributed by atoms with E-state index in [1.54, 1.807) is 0 Å². The zero-order valence-corrected chi connectivity index (χ0v) is 18.1. The summed E-state index contributed by atoms with van der Waals surface area (Å²) in [6.45, 7) is 8.18. The van der Waals surface area contributed by atoms with Crippen LogP contribution in [0.4, 0.5) is 0 Å². The van der Waals surface area contributed by atoms with E-state index in [0.29, 0.717) is 12.0 Å². The van der Waals surface area contributed by atoms with Gasteiger partial charge in [0.25, 0.3) is 0 Å². The second-order valence-corrected chi connectivity index (χ2v) is 7.93. The molecule has 1 fully saturated rings. The van der Waals surface area contributed by atoms with Crippen LogP contribution in [0.25, 0.3) is 0 Å². The van der Waals surface area contributed by atoms with Crippen molar-refractivity contribution in [3.8, 4) is 0 Å². The fourth-order valence-electron chi connectivity index (χ4n) is 2.38. The highest BCUT2D eigenvalue weighted by Gasteiger charge is 2.17. The molecule has 136 valence electrons. The molecule has 0 bridgehead atoms. The minimum Gasteiger partial charge on any atom is -0.357 e. The average molecular weight is 456 g/mol. The van der Waals surface area contributed by atoms with Crippen molar-refractivity contribution in [2.45, 2.75) is 63.7 Å². The minimum atomic E-state index is 0. The molecule has 5 nitrogen and oxygen atoms in total. The Bertz CT molecular complexity index is 371. The summed E-state index contributed by atoms with van der Waals surface area (Å²) in [6.07, 6.45) is 8.06. The predicted molar refractivity (Wildman–Crippen MR) is 112 cm³/mol. The van der Waals surface area contributed by atoms with E-state index in [1.165, 1.54) is 19.3 Å². The number of rotatable bonds is 7. The highest BCUT2D eigenvalue weighted by atomic mass is 127. The number of amides is 1. The second-order valence-electron chi connectivity index (χ2n) is 6.41. The predicted octanol–water partition coefficient (Wildman–Crippen LogP) is 2.75. The summed E-state index contributed by atoms with van der Waals surface area (Å²) in [5.41, 5.74) is 0. The number of nitrogens with zero attached hydrogens (tertiary/aromatic N) is 1. The first-order valence-electron chi connectivity index (χ1n) is 8.33. The first kappa shape index (κ1) is 22.8. The zero-order valence-electron chi connectivity index (χ0n) is 14.9. The zero-order chi connectivity index (χ0) is 16.4. The van der Waals surface area contributed by atoms with Crippen LogP contribution in [0.5, 0.6) is 0 Å². The molecule has 1 amide bonds. The summed E-state index contributed by atoms with van der Waals surface area (Å²) >= 11 is 1.81. The van der Waals surface area contributed by atoms with Crippen molar-refractivity contribution in [2.24, 2.45) is 4.99 Å². The smallest absolute Gasteiger partial charge is 0.242 e. The molecule has 0 aromatic heterocycles. The van der Waals surface area contributed by atoms with Gasteiger partial charge in [0.1, 0.15) is 6.54 Å². The van der Waals surface area contributed by atoms with Gasteiger partial charge in [0.05, 0.1) is 0 Å². The van der Waals surface area contributed by atoms with Crippen LogP contribution in [0, 0.1) is 0 Å². The molecule has 0 aromatic carbocycles. The molecule has 3 N–H and O–H groups in total. The molecule has 0 heterocycles. The molecule has 0 radical (unpaired) electrons. The van der Waals surface area contributed by atoms with Gasteiger partial charge in [-0.2, -0.15) is 11.8 Å². The molecule has 0 spiro atoms. The number of carbonyl (C=O) groups is 1. The number of carbonyl (C=O) groups excluding carboxylic acids is 1. The van der Waals surface area contributed by atoms with E-state index in [9.17, 15) is 4.79 Å². The third-order valence-electron chi connectivity index (χ3n) is 3.93. The van der Waals surface area contributed by atoms with Crippen LogP contribution in [-0.4, -0.2) is 48.5 Å². The van der Waals surface area contributed by atoms with E-state index in [4.69, 9.17) is 0 Å². The van der Waals surface area contributed by atoms with E-state index < -0.39 is 0 Å². The van der Waals surface area contributed by atoms with Crippen molar-refractivity contribution in [3.63, 3.8) is 0 Å². The van der Waals surface area contributed by atoms with Crippen LogP contribution in [0.1, 0.15) is 52.9 Å². The van der Waals surface area contributed by atoms with Crippen LogP contribution in [-0.2, 0) is 4.79 Å². The van der Waals surface area contributed by atoms with Crippen LogP contribution in [0.15, 0.2) is 4.99 Å². The van der Waals surface area contributed by atoms with Crippen molar-refractivity contribution in [3.05, 3.63) is 0 Å². The Balaban J connectivity index is 0.00000484. The number of hydrogen-bond acceptors (Lipinski definition) is 3. The van der Waals surface area contributed by atoms with E-state index in [2.05, 4.69) is 41.0 Å². The van der Waals surface area contributed by atoms with Crippen LogP contribution in [0.3, 0.4) is 0 Å². The summed E-state index contributed by atoms with van der Waals surface area (Å²) in [7, 11) is 0. The molecule has 0 unspecified atom stereocenters. The maximum Gasteiger partial charge on any atom is 0.242 e. The molecule has 1 saturated carbocycles. The Kier molecular flexibility index (Phi) is 12.1. The van der Waals surface area contributed by atoms with Gasteiger partial charge >= 0.3 is 0 Å². The van der Waals surface area contributed by atoms with Crippen LogP contribution >= 0.6 is 35.7 Å². The molecule has 1 aliphatic rings. The summed E-state index contributed by atoms with van der Waals surface area (Å²) in [6, 6.07) is 0.349. The molecular weight excluding hydrogens is 423 g/mol. The molecule has 0 aromatic rings. The third kappa shape index (κ3) is 10.3. The van der Waals surface area contributed by atoms with Crippen molar-refractivity contribution in [1.29, 1.82) is 0 Å². The number of nitrogens with one attached hydrogen (secondary N) is 3. The van der Waals surface area contributed by atoms with Gasteiger partial charge in [-0.05, 0) is 39.9 Å². The Hall–Kier alpha value is -0.180. The van der Waals surface area contributed by atoms with Gasteiger partial charge < -0.3 is 16.0 Å². The lowest BCUT2D eigenvalue weighted by Crippen LogP contribution is -2.44. The van der Waals surface area contributed by atoms with Crippen LogP contribution in [0.2, 0.25) is 0 Å². The second kappa shape index (κ2) is 12.2. The van der Waals surface area contributed by atoms with E-state index >= 15 is 0 Å². The van der Waals surface area contributed by atoms with Crippen molar-refractivity contribution >= 4 is 47.6 Å². The number of halogens is 1. The number of guanidine groups is 1. The molecule has 23 heavy (non-hydrogen) atoms. The lowest BCUT2D eigenvalue weighted by Gasteiger charge is -2.24. The average Bonchev–Trinajstić information content (AvgIpc) is 2.51. The van der Waals surface area contributed by atoms with Gasteiger partial charge in [0.15, 0.2) is 5.96 Å². The fraction of sp³-hybridized carbons (Fsp3) is 0.875. The largest absolute Gasteiger partial charge is 0.357 e. The summed E-state index contributed by atoms with van der Waals surface area (Å²) in [5, 5.41) is 9.59. The highest BCUT2D eigenvalue weighted by Crippen LogP contribution is 2.19. The summed E-state index contributed by atoms with van der Waals surface area (Å²) in [5.74, 6) is 0.733. The Morgan fingerprint density at radius 1 is 1.22 bits per heavy atom. The van der Waals surface area contributed by atoms with Crippen LogP contribution < -0.4 is 16.0 Å². The monoisotopic (exact) mass is 456 g/mol. The Morgan fingerprint density at radius 2 is 1.87 bits per heavy atom. The molecule has 1 rings (SSSR count). The highest BCUT2D eigenvalue weighted by molar-refractivity contribution is 14.0. The lowest BCUT2D eigenvalue weighted by molar-refractivity contribution is -0.120. The Labute approximate surface area is 162 Å². The SMILES string of the molecule is CCNC(=NCC(=O)NC1CCCCC1)NCC(C)(C)SC.I. The molecule has 0 atom stereocenters. The normalized spacial score (nSPS) is 16.4. The van der Waals surface area contributed by atoms with Gasteiger partial charge in [-0.25, -0.2) is 4.99 Å². The Morgan fingerprint density at radius 3 is 2.43 bits per heavy atom. The number of aliphatic imine (C=N–C) groups is 1. The van der Waals surface area contributed by atoms with Gasteiger partial charge in [-0.15, -0.1) is 24.0 Å². The van der Waals surface area contributed by atoms with Crippen molar-refractivity contribution in [1.82, 2.24) is 16.0 Å². The van der Waals surface area contributed by atoms with Gasteiger partial charge in [-0.1, -0.05) is 19.3 Å². The first-order valence-corrected chi connectivity index (χ1v) is 9.56. The first-order chi connectivity index (χ1) is 10.5. The standard InChI is InChI=1S/C16H32N4OS.HI/c1-5-17-15(19-12-16(2,3)22-4)18-11-14(21)20-13-9-7-6-8-10-13;/h13H,5-12H2,1-4H3,(H,20,21)(H2,17,18,19);1H. The molecule has 0 aliphatic heterocycles. The maximum atomic E-state index is 12.0. The topological polar surface area (TPSA) is 65.5 Å². The number of thioether (sulfide) groups is 1. The molecular formula is C16H33IN4OS. The quantitative estimate of drug-likeness (QED) is 0.313. The van der Waals surface area contributed by atoms with E-state index in [-0.39, 0.29) is 41.2 Å². The summed E-state index contributed by atoms with van der Waals surface area (Å²) < 4.78 is 0.139. The molecule has 7 heteroatoms. The van der Waals surface area contributed by atoms with Gasteiger partial charge in [0.2, 0.25) is 5.91 Å². The van der Waals surface area contributed by atoms with Gasteiger partial charge in [-0.3, -0.25) is 4.79 Å². The third-order valence-corrected chi connectivity index (χ3v) is 5.18.